The summed E-state index contributed by atoms with van der Waals surface area (Å²) in [6, 6.07) is 27.0. The van der Waals surface area contributed by atoms with Crippen LogP contribution < -0.4 is 0 Å². The minimum Gasteiger partial charge on any atom is -0.307 e. The second kappa shape index (κ2) is 6.34. The topological polar surface area (TPSA) is 4.93 Å². The molecule has 0 unspecified atom stereocenters. The van der Waals surface area contributed by atoms with Crippen LogP contribution in [0.5, 0.6) is 0 Å². The maximum absolute atomic E-state index is 5.77. The number of halogens is 1. The Morgan fingerprint density at radius 1 is 0.708 bits per heavy atom. The first-order chi connectivity index (χ1) is 11.7. The van der Waals surface area contributed by atoms with E-state index in [4.69, 9.17) is 12.2 Å². The predicted octanol–water partition coefficient (Wildman–Crippen LogP) is 6.79. The van der Waals surface area contributed by atoms with Gasteiger partial charge in [-0.15, -0.1) is 0 Å². The first kappa shape index (κ1) is 15.3. The minimum atomic E-state index is 0.826. The Labute approximate surface area is 154 Å². The van der Waals surface area contributed by atoms with Gasteiger partial charge in [-0.1, -0.05) is 82.7 Å². The zero-order chi connectivity index (χ0) is 16.5. The number of rotatable bonds is 2. The fraction of sp³-hybridized carbons (Fsp3) is 0. The van der Waals surface area contributed by atoms with Crippen LogP contribution in [-0.4, -0.2) is 4.57 Å². The van der Waals surface area contributed by atoms with E-state index < -0.39 is 0 Å². The highest BCUT2D eigenvalue weighted by Crippen LogP contribution is 2.30. The first-order valence-electron chi connectivity index (χ1n) is 7.70. The van der Waals surface area contributed by atoms with Crippen molar-refractivity contribution in [3.63, 3.8) is 0 Å². The molecule has 3 heteroatoms. The van der Waals surface area contributed by atoms with Gasteiger partial charge < -0.3 is 4.57 Å². The SMILES string of the molecule is S=c1c2ccccc2c(-c2ccccc2)cn1-c1ccc(Br)cc1. The maximum atomic E-state index is 5.77. The van der Waals surface area contributed by atoms with Gasteiger partial charge in [0.15, 0.2) is 0 Å². The van der Waals surface area contributed by atoms with Gasteiger partial charge in [0, 0.05) is 27.3 Å². The molecule has 0 aliphatic carbocycles. The molecule has 1 heterocycles. The summed E-state index contributed by atoms with van der Waals surface area (Å²) in [5, 5.41) is 2.28. The van der Waals surface area contributed by atoms with E-state index in [1.807, 2.05) is 24.3 Å². The van der Waals surface area contributed by atoms with Crippen molar-refractivity contribution in [1.82, 2.24) is 4.57 Å². The highest BCUT2D eigenvalue weighted by atomic mass is 79.9. The smallest absolute Gasteiger partial charge is 0.118 e. The fourth-order valence-corrected chi connectivity index (χ4v) is 3.53. The Kier molecular flexibility index (Phi) is 4.05. The van der Waals surface area contributed by atoms with Crippen molar-refractivity contribution in [2.75, 3.05) is 0 Å². The van der Waals surface area contributed by atoms with Crippen molar-refractivity contribution in [3.05, 3.63) is 94.2 Å². The van der Waals surface area contributed by atoms with Crippen molar-refractivity contribution in [1.29, 1.82) is 0 Å². The molecule has 4 rings (SSSR count). The quantitative estimate of drug-likeness (QED) is 0.340. The zero-order valence-corrected chi connectivity index (χ0v) is 15.2. The molecule has 0 saturated carbocycles. The molecule has 0 atom stereocenters. The van der Waals surface area contributed by atoms with Crippen molar-refractivity contribution >= 4 is 38.9 Å². The van der Waals surface area contributed by atoms with Crippen molar-refractivity contribution in [2.45, 2.75) is 0 Å². The largest absolute Gasteiger partial charge is 0.307 e. The molecule has 0 spiro atoms. The predicted molar refractivity (Wildman–Crippen MR) is 107 cm³/mol. The molecule has 0 saturated heterocycles. The Bertz CT molecular complexity index is 1070. The van der Waals surface area contributed by atoms with E-state index in [1.54, 1.807) is 0 Å². The van der Waals surface area contributed by atoms with E-state index in [2.05, 4.69) is 81.3 Å². The third-order valence-corrected chi connectivity index (χ3v) is 5.06. The number of fused-ring (bicyclic) bond motifs is 1. The molecule has 0 fully saturated rings. The summed E-state index contributed by atoms with van der Waals surface area (Å²) in [5.74, 6) is 0. The second-order valence-electron chi connectivity index (χ2n) is 5.61. The number of hydrogen-bond donors (Lipinski definition) is 0. The summed E-state index contributed by atoms with van der Waals surface area (Å²) in [5.41, 5.74) is 3.43. The van der Waals surface area contributed by atoms with Crippen LogP contribution in [0.1, 0.15) is 0 Å². The Balaban J connectivity index is 2.07. The summed E-state index contributed by atoms with van der Waals surface area (Å²) in [6.45, 7) is 0. The van der Waals surface area contributed by atoms with Gasteiger partial charge in [0.1, 0.15) is 4.64 Å². The van der Waals surface area contributed by atoms with Crippen molar-refractivity contribution in [3.8, 4) is 16.8 Å². The van der Waals surface area contributed by atoms with Crippen LogP contribution in [-0.2, 0) is 0 Å². The second-order valence-corrected chi connectivity index (χ2v) is 6.91. The third kappa shape index (κ3) is 2.70. The first-order valence-corrected chi connectivity index (χ1v) is 8.90. The Morgan fingerprint density at radius 3 is 2.04 bits per heavy atom. The van der Waals surface area contributed by atoms with Crippen molar-refractivity contribution < 1.29 is 0 Å². The monoisotopic (exact) mass is 391 g/mol. The Morgan fingerprint density at radius 2 is 1.33 bits per heavy atom. The molecular weight excluding hydrogens is 378 g/mol. The Hall–Kier alpha value is -2.23. The van der Waals surface area contributed by atoms with Gasteiger partial charge in [0.2, 0.25) is 0 Å². The highest BCUT2D eigenvalue weighted by Gasteiger charge is 2.09. The number of nitrogens with zero attached hydrogens (tertiary/aromatic N) is 1. The molecule has 3 aromatic carbocycles. The van der Waals surface area contributed by atoms with Crippen LogP contribution in [0.2, 0.25) is 0 Å². The van der Waals surface area contributed by atoms with E-state index in [0.717, 1.165) is 20.2 Å². The lowest BCUT2D eigenvalue weighted by Gasteiger charge is -2.14. The van der Waals surface area contributed by atoms with E-state index >= 15 is 0 Å². The molecule has 0 radical (unpaired) electrons. The minimum absolute atomic E-state index is 0.826. The van der Waals surface area contributed by atoms with Crippen LogP contribution in [0.3, 0.4) is 0 Å². The molecule has 4 aromatic rings. The number of benzene rings is 3. The average molecular weight is 392 g/mol. The molecule has 1 nitrogen and oxygen atoms in total. The molecule has 1 aromatic heterocycles. The molecule has 0 aliphatic heterocycles. The van der Waals surface area contributed by atoms with Gasteiger partial charge in [-0.3, -0.25) is 0 Å². The van der Waals surface area contributed by atoms with Gasteiger partial charge in [0.05, 0.1) is 0 Å². The van der Waals surface area contributed by atoms with E-state index in [1.165, 1.54) is 16.5 Å². The van der Waals surface area contributed by atoms with Crippen LogP contribution >= 0.6 is 28.1 Å². The lowest BCUT2D eigenvalue weighted by Crippen LogP contribution is -1.99. The van der Waals surface area contributed by atoms with Crippen LogP contribution in [0.15, 0.2) is 89.5 Å². The third-order valence-electron chi connectivity index (χ3n) is 4.11. The van der Waals surface area contributed by atoms with E-state index in [-0.39, 0.29) is 0 Å². The molecule has 0 bridgehead atoms. The lowest BCUT2D eigenvalue weighted by molar-refractivity contribution is 1.04. The summed E-state index contributed by atoms with van der Waals surface area (Å²) >= 11 is 9.26. The van der Waals surface area contributed by atoms with Gasteiger partial charge in [-0.05, 0) is 35.2 Å². The molecule has 116 valence electrons. The molecular formula is C21H14BrNS. The zero-order valence-electron chi connectivity index (χ0n) is 12.8. The summed E-state index contributed by atoms with van der Waals surface area (Å²) < 4.78 is 3.97. The molecule has 24 heavy (non-hydrogen) atoms. The van der Waals surface area contributed by atoms with E-state index in [0.29, 0.717) is 0 Å². The van der Waals surface area contributed by atoms with E-state index in [9.17, 15) is 0 Å². The van der Waals surface area contributed by atoms with Crippen LogP contribution in [0.25, 0.3) is 27.6 Å². The standard InChI is InChI=1S/C21H14BrNS/c22-16-10-12-17(13-11-16)23-14-20(15-6-2-1-3-7-15)18-8-4-5-9-19(18)21(23)24/h1-14H. The highest BCUT2D eigenvalue weighted by molar-refractivity contribution is 9.10. The van der Waals surface area contributed by atoms with Crippen molar-refractivity contribution in [2.24, 2.45) is 0 Å². The van der Waals surface area contributed by atoms with Crippen LogP contribution in [0.4, 0.5) is 0 Å². The molecule has 0 N–H and O–H groups in total. The summed E-state index contributed by atoms with van der Waals surface area (Å²) in [6.07, 6.45) is 2.14. The fourth-order valence-electron chi connectivity index (χ4n) is 2.93. The lowest BCUT2D eigenvalue weighted by atomic mass is 10.0. The number of pyridine rings is 1. The maximum Gasteiger partial charge on any atom is 0.118 e. The summed E-state index contributed by atoms with van der Waals surface area (Å²) in [4.78, 5) is 0. The number of aromatic nitrogens is 1. The van der Waals surface area contributed by atoms with Gasteiger partial charge >= 0.3 is 0 Å². The van der Waals surface area contributed by atoms with Gasteiger partial charge in [-0.25, -0.2) is 0 Å². The summed E-state index contributed by atoms with van der Waals surface area (Å²) in [7, 11) is 0. The van der Waals surface area contributed by atoms with Gasteiger partial charge in [0.25, 0.3) is 0 Å². The average Bonchev–Trinajstić information content (AvgIpc) is 2.64. The molecule has 0 amide bonds. The normalized spacial score (nSPS) is 10.9. The van der Waals surface area contributed by atoms with Gasteiger partial charge in [-0.2, -0.15) is 0 Å². The molecule has 0 aliphatic rings. The number of hydrogen-bond acceptors (Lipinski definition) is 1. The van der Waals surface area contributed by atoms with Crippen LogP contribution in [0, 0.1) is 4.64 Å².